The summed E-state index contributed by atoms with van der Waals surface area (Å²) in [4.78, 5) is 39.7. The van der Waals surface area contributed by atoms with E-state index in [-0.39, 0.29) is 43.3 Å². The first-order valence-electron chi connectivity index (χ1n) is 13.5. The highest BCUT2D eigenvalue weighted by Crippen LogP contribution is 2.45. The fraction of sp³-hybridized carbons (Fsp3) is 0.276. The zero-order valence-corrected chi connectivity index (χ0v) is 25.2. The molecule has 4 aromatic rings. The molecule has 11 nitrogen and oxygen atoms in total. The van der Waals surface area contributed by atoms with Gasteiger partial charge in [0.15, 0.2) is 5.03 Å². The second-order valence-corrected chi connectivity index (χ2v) is 13.5. The Morgan fingerprint density at radius 1 is 1.00 bits per heavy atom. The fourth-order valence-corrected chi connectivity index (χ4v) is 7.92. The average molecular weight is 642 g/mol. The zero-order valence-electron chi connectivity index (χ0n) is 22.9. The number of carboxylic acids is 1. The Kier molecular flexibility index (Phi) is 7.49. The SMILES string of the molecule is CC1(Cc2ccc(-c3cncnc3)cc2)C(=O)N(c2cc(Cl)cc(Cl)c2)c2ncc(S(=O)(=O)N3CCC(C(=O)O)CC3)n21. The average Bonchev–Trinajstić information content (AvgIpc) is 3.51. The minimum absolute atomic E-state index is 0.0444. The Hall–Kier alpha value is -3.84. The first-order chi connectivity index (χ1) is 20.5. The predicted molar refractivity (Wildman–Crippen MR) is 160 cm³/mol. The number of nitrogens with zero attached hydrogens (tertiary/aromatic N) is 6. The van der Waals surface area contributed by atoms with Gasteiger partial charge in [-0.15, -0.1) is 0 Å². The number of carbonyl (C=O) groups excluding carboxylic acids is 1. The third-order valence-corrected chi connectivity index (χ3v) is 10.3. The van der Waals surface area contributed by atoms with Crippen LogP contribution < -0.4 is 4.90 Å². The van der Waals surface area contributed by atoms with Crippen molar-refractivity contribution >= 4 is 56.7 Å². The molecule has 0 aliphatic carbocycles. The van der Waals surface area contributed by atoms with Crippen molar-refractivity contribution in [3.8, 4) is 11.1 Å². The first-order valence-corrected chi connectivity index (χ1v) is 15.6. The summed E-state index contributed by atoms with van der Waals surface area (Å²) in [6, 6.07) is 12.2. The van der Waals surface area contributed by atoms with Gasteiger partial charge in [0.05, 0.1) is 17.8 Å². The molecule has 2 aliphatic rings. The van der Waals surface area contributed by atoms with Crippen LogP contribution >= 0.6 is 23.2 Å². The van der Waals surface area contributed by atoms with Gasteiger partial charge in [0, 0.05) is 47.5 Å². The van der Waals surface area contributed by atoms with Gasteiger partial charge in [-0.05, 0) is 49.1 Å². The van der Waals surface area contributed by atoms with Gasteiger partial charge < -0.3 is 5.11 Å². The van der Waals surface area contributed by atoms with Crippen LogP contribution in [0, 0.1) is 5.92 Å². The van der Waals surface area contributed by atoms with E-state index in [1.807, 2.05) is 24.3 Å². The largest absolute Gasteiger partial charge is 0.481 e. The number of rotatable bonds is 7. The minimum atomic E-state index is -4.15. The van der Waals surface area contributed by atoms with Gasteiger partial charge in [-0.1, -0.05) is 47.5 Å². The second-order valence-electron chi connectivity index (χ2n) is 10.8. The van der Waals surface area contributed by atoms with Crippen molar-refractivity contribution in [2.45, 2.75) is 36.8 Å². The summed E-state index contributed by atoms with van der Waals surface area (Å²) in [7, 11) is -4.15. The van der Waals surface area contributed by atoms with E-state index < -0.39 is 33.4 Å². The molecule has 4 heterocycles. The Labute approximate surface area is 257 Å². The van der Waals surface area contributed by atoms with E-state index in [9.17, 15) is 23.1 Å². The van der Waals surface area contributed by atoms with Crippen LogP contribution in [0.2, 0.25) is 10.0 Å². The Balaban J connectivity index is 1.42. The molecular weight excluding hydrogens is 615 g/mol. The molecule has 222 valence electrons. The van der Waals surface area contributed by atoms with Crippen LogP contribution in [0.25, 0.3) is 11.1 Å². The van der Waals surface area contributed by atoms with Crippen molar-refractivity contribution < 1.29 is 23.1 Å². The third kappa shape index (κ3) is 5.18. The summed E-state index contributed by atoms with van der Waals surface area (Å²) in [6.45, 7) is 1.77. The summed E-state index contributed by atoms with van der Waals surface area (Å²) in [5.41, 5.74) is 1.45. The topological polar surface area (TPSA) is 139 Å². The number of halogens is 2. The molecule has 6 rings (SSSR count). The number of carbonyl (C=O) groups is 2. The number of imidazole rings is 1. The maximum Gasteiger partial charge on any atom is 0.306 e. The van der Waals surface area contributed by atoms with E-state index in [0.29, 0.717) is 15.7 Å². The number of sulfonamides is 1. The number of hydrogen-bond acceptors (Lipinski definition) is 7. The third-order valence-electron chi connectivity index (χ3n) is 7.98. The molecule has 1 unspecified atom stereocenters. The van der Waals surface area contributed by atoms with Crippen molar-refractivity contribution in [3.05, 3.63) is 83.0 Å². The Morgan fingerprint density at radius 2 is 1.63 bits per heavy atom. The lowest BCUT2D eigenvalue weighted by atomic mass is 9.91. The lowest BCUT2D eigenvalue weighted by Gasteiger charge is -2.31. The summed E-state index contributed by atoms with van der Waals surface area (Å²) >= 11 is 12.6. The quantitative estimate of drug-likeness (QED) is 0.305. The molecule has 0 saturated carbocycles. The van der Waals surface area contributed by atoms with Crippen molar-refractivity contribution in [2.75, 3.05) is 18.0 Å². The first kappa shape index (κ1) is 29.2. The maximum absolute atomic E-state index is 14.3. The van der Waals surface area contributed by atoms with Gasteiger partial charge in [0.2, 0.25) is 5.95 Å². The van der Waals surface area contributed by atoms with E-state index in [1.165, 1.54) is 32.4 Å². The fourth-order valence-electron chi connectivity index (χ4n) is 5.75. The van der Waals surface area contributed by atoms with Crippen LogP contribution in [0.15, 0.2) is 72.4 Å². The van der Waals surface area contributed by atoms with Gasteiger partial charge in [0.25, 0.3) is 15.9 Å². The standard InChI is InChI=1S/C29H26Cl2N6O5S/c1-29(13-18-2-4-19(5-3-18)21-14-32-17-33-15-21)27(40)36(24-11-22(30)10-23(31)12-24)28-34-16-25(37(28)29)43(41,42)35-8-6-20(7-9-35)26(38)39/h2-5,10-12,14-17,20H,6-9,13H2,1H3,(H,38,39). The number of hydrogen-bond donors (Lipinski definition) is 1. The molecule has 1 saturated heterocycles. The van der Waals surface area contributed by atoms with E-state index in [2.05, 4.69) is 15.0 Å². The van der Waals surface area contributed by atoms with Crippen LogP contribution in [0.4, 0.5) is 11.6 Å². The number of fused-ring (bicyclic) bond motifs is 1. The van der Waals surface area contributed by atoms with E-state index in [1.54, 1.807) is 31.5 Å². The van der Waals surface area contributed by atoms with Gasteiger partial charge in [-0.2, -0.15) is 4.31 Å². The highest BCUT2D eigenvalue weighted by atomic mass is 35.5. The van der Waals surface area contributed by atoms with Crippen LogP contribution in [0.5, 0.6) is 0 Å². The number of piperidine rings is 1. The van der Waals surface area contributed by atoms with Crippen molar-refractivity contribution in [2.24, 2.45) is 5.92 Å². The number of benzene rings is 2. The van der Waals surface area contributed by atoms with Gasteiger partial charge in [0.1, 0.15) is 11.9 Å². The number of amides is 1. The monoisotopic (exact) mass is 640 g/mol. The molecular formula is C29H26Cl2N6O5S. The van der Waals surface area contributed by atoms with Crippen LogP contribution in [0.3, 0.4) is 0 Å². The number of aliphatic carboxylic acids is 1. The maximum atomic E-state index is 14.3. The van der Waals surface area contributed by atoms with Crippen LogP contribution in [0.1, 0.15) is 25.3 Å². The summed E-state index contributed by atoms with van der Waals surface area (Å²) in [5.74, 6) is -1.84. The Bertz CT molecular complexity index is 1810. The van der Waals surface area contributed by atoms with Crippen molar-refractivity contribution in [3.63, 3.8) is 0 Å². The van der Waals surface area contributed by atoms with Crippen LogP contribution in [-0.2, 0) is 31.6 Å². The smallest absolute Gasteiger partial charge is 0.306 e. The normalized spacial score (nSPS) is 19.5. The zero-order chi connectivity index (χ0) is 30.5. The van der Waals surface area contributed by atoms with E-state index in [4.69, 9.17) is 23.2 Å². The Morgan fingerprint density at radius 3 is 2.23 bits per heavy atom. The molecule has 1 N–H and O–H groups in total. The molecule has 1 fully saturated rings. The molecule has 1 amide bonds. The molecule has 0 bridgehead atoms. The van der Waals surface area contributed by atoms with Gasteiger partial charge >= 0.3 is 5.97 Å². The molecule has 14 heteroatoms. The number of carboxylic acid groups (broad SMARTS) is 1. The van der Waals surface area contributed by atoms with Crippen molar-refractivity contribution in [1.29, 1.82) is 0 Å². The molecule has 1 atom stereocenters. The second kappa shape index (κ2) is 11.0. The number of aromatic nitrogens is 4. The summed E-state index contributed by atoms with van der Waals surface area (Å²) in [6.07, 6.45) is 6.63. The summed E-state index contributed by atoms with van der Waals surface area (Å²) < 4.78 is 30.8. The molecule has 43 heavy (non-hydrogen) atoms. The van der Waals surface area contributed by atoms with Gasteiger partial charge in [-0.25, -0.2) is 28.3 Å². The lowest BCUT2D eigenvalue weighted by Crippen LogP contribution is -2.44. The molecule has 0 spiro atoms. The highest BCUT2D eigenvalue weighted by Gasteiger charge is 2.52. The minimum Gasteiger partial charge on any atom is -0.481 e. The van der Waals surface area contributed by atoms with Crippen molar-refractivity contribution in [1.82, 2.24) is 23.8 Å². The van der Waals surface area contributed by atoms with E-state index >= 15 is 0 Å². The van der Waals surface area contributed by atoms with E-state index in [0.717, 1.165) is 16.7 Å². The molecule has 2 aromatic carbocycles. The lowest BCUT2D eigenvalue weighted by molar-refractivity contribution is -0.143. The van der Waals surface area contributed by atoms with Crippen LogP contribution in [-0.4, -0.2) is 62.3 Å². The predicted octanol–water partition coefficient (Wildman–Crippen LogP) is 4.77. The highest BCUT2D eigenvalue weighted by molar-refractivity contribution is 7.89. The summed E-state index contributed by atoms with van der Waals surface area (Å²) in [5, 5.41) is 9.84. The number of anilines is 2. The molecule has 2 aliphatic heterocycles. The van der Waals surface area contributed by atoms with Gasteiger partial charge in [-0.3, -0.25) is 14.2 Å². The molecule has 2 aromatic heterocycles. The molecule has 0 radical (unpaired) electrons.